The summed E-state index contributed by atoms with van der Waals surface area (Å²) in [6.07, 6.45) is 0. The SMILES string of the molecule is CN(c1ccc(OCC(=O)Nc2ccc(Cl)c([N+](=O)[O-])c2)cc1)S(=O)(=O)c1ccc(F)cc1. The number of nitro benzene ring substituents is 1. The summed E-state index contributed by atoms with van der Waals surface area (Å²) in [5.74, 6) is -0.813. The number of hydrogen-bond acceptors (Lipinski definition) is 6. The highest BCUT2D eigenvalue weighted by molar-refractivity contribution is 7.92. The molecule has 3 rings (SSSR count). The smallest absolute Gasteiger partial charge is 0.289 e. The van der Waals surface area contributed by atoms with Crippen molar-refractivity contribution < 1.29 is 27.3 Å². The topological polar surface area (TPSA) is 119 Å². The summed E-state index contributed by atoms with van der Waals surface area (Å²) in [7, 11) is -2.54. The maximum atomic E-state index is 13.1. The van der Waals surface area contributed by atoms with Crippen molar-refractivity contribution in [3.05, 3.63) is 87.7 Å². The van der Waals surface area contributed by atoms with Gasteiger partial charge in [-0.15, -0.1) is 0 Å². The van der Waals surface area contributed by atoms with Gasteiger partial charge >= 0.3 is 0 Å². The van der Waals surface area contributed by atoms with Crippen molar-refractivity contribution in [2.24, 2.45) is 0 Å². The summed E-state index contributed by atoms with van der Waals surface area (Å²) < 4.78 is 44.8. The van der Waals surface area contributed by atoms with Gasteiger partial charge in [0.15, 0.2) is 6.61 Å². The van der Waals surface area contributed by atoms with Crippen LogP contribution in [0, 0.1) is 15.9 Å². The molecule has 1 amide bonds. The number of nitrogens with one attached hydrogen (secondary N) is 1. The molecule has 0 fully saturated rings. The fourth-order valence-corrected chi connectivity index (χ4v) is 4.11. The molecule has 0 atom stereocenters. The third-order valence-corrected chi connectivity index (χ3v) is 6.59. The van der Waals surface area contributed by atoms with Gasteiger partial charge in [0.05, 0.1) is 15.5 Å². The van der Waals surface area contributed by atoms with Crippen molar-refractivity contribution in [2.75, 3.05) is 23.3 Å². The van der Waals surface area contributed by atoms with Gasteiger partial charge in [-0.2, -0.15) is 0 Å². The molecule has 172 valence electrons. The number of benzene rings is 3. The Kier molecular flexibility index (Phi) is 7.14. The quantitative estimate of drug-likeness (QED) is 0.370. The molecule has 1 N–H and O–H groups in total. The second-order valence-electron chi connectivity index (χ2n) is 6.68. The Morgan fingerprint density at radius 1 is 1.12 bits per heavy atom. The largest absolute Gasteiger partial charge is 0.484 e. The average molecular weight is 494 g/mol. The van der Waals surface area contributed by atoms with Crippen LogP contribution in [0.25, 0.3) is 0 Å². The van der Waals surface area contributed by atoms with Gasteiger partial charge in [-0.25, -0.2) is 12.8 Å². The Morgan fingerprint density at radius 2 is 1.76 bits per heavy atom. The number of nitrogens with zero attached hydrogens (tertiary/aromatic N) is 2. The molecule has 0 aliphatic carbocycles. The van der Waals surface area contributed by atoms with E-state index in [0.29, 0.717) is 11.4 Å². The van der Waals surface area contributed by atoms with Crippen LogP contribution in [0.5, 0.6) is 5.75 Å². The molecule has 12 heteroatoms. The summed E-state index contributed by atoms with van der Waals surface area (Å²) in [6.45, 7) is -0.389. The first-order valence-corrected chi connectivity index (χ1v) is 11.1. The number of carbonyl (C=O) groups is 1. The van der Waals surface area contributed by atoms with Gasteiger partial charge in [-0.1, -0.05) is 11.6 Å². The summed E-state index contributed by atoms with van der Waals surface area (Å²) in [5.41, 5.74) is 0.165. The van der Waals surface area contributed by atoms with Crippen LogP contribution in [0.2, 0.25) is 5.02 Å². The van der Waals surface area contributed by atoms with E-state index in [1.807, 2.05) is 0 Å². The lowest BCUT2D eigenvalue weighted by Gasteiger charge is -2.20. The third-order valence-electron chi connectivity index (χ3n) is 4.47. The lowest BCUT2D eigenvalue weighted by molar-refractivity contribution is -0.384. The van der Waals surface area contributed by atoms with Crippen molar-refractivity contribution in [2.45, 2.75) is 4.90 Å². The van der Waals surface area contributed by atoms with E-state index < -0.39 is 26.7 Å². The van der Waals surface area contributed by atoms with Crippen LogP contribution in [0.15, 0.2) is 71.6 Å². The van der Waals surface area contributed by atoms with E-state index in [0.717, 1.165) is 22.5 Å². The Labute approximate surface area is 193 Å². The molecule has 0 aliphatic heterocycles. The van der Waals surface area contributed by atoms with Gasteiger partial charge in [0, 0.05) is 18.8 Å². The van der Waals surface area contributed by atoms with E-state index in [-0.39, 0.29) is 27.9 Å². The molecule has 0 aromatic heterocycles. The fraction of sp³-hybridized carbons (Fsp3) is 0.0952. The second-order valence-corrected chi connectivity index (χ2v) is 9.06. The molecule has 0 bridgehead atoms. The van der Waals surface area contributed by atoms with Crippen LogP contribution in [0.3, 0.4) is 0 Å². The Bertz CT molecular complexity index is 1280. The number of hydrogen-bond donors (Lipinski definition) is 1. The van der Waals surface area contributed by atoms with Crippen molar-refractivity contribution in [1.29, 1.82) is 0 Å². The van der Waals surface area contributed by atoms with E-state index in [9.17, 15) is 27.7 Å². The normalized spacial score (nSPS) is 11.0. The molecule has 0 unspecified atom stereocenters. The predicted molar refractivity (Wildman–Crippen MR) is 121 cm³/mol. The minimum atomic E-state index is -3.89. The fourth-order valence-electron chi connectivity index (χ4n) is 2.73. The minimum Gasteiger partial charge on any atom is -0.484 e. The maximum absolute atomic E-state index is 13.1. The number of rotatable bonds is 8. The van der Waals surface area contributed by atoms with E-state index >= 15 is 0 Å². The first kappa shape index (κ1) is 24.0. The lowest BCUT2D eigenvalue weighted by Crippen LogP contribution is -2.26. The van der Waals surface area contributed by atoms with E-state index in [1.54, 1.807) is 0 Å². The highest BCUT2D eigenvalue weighted by atomic mass is 35.5. The molecule has 9 nitrogen and oxygen atoms in total. The molecule has 0 saturated carbocycles. The summed E-state index contributed by atoms with van der Waals surface area (Å²) in [6, 6.07) is 14.2. The van der Waals surface area contributed by atoms with Crippen molar-refractivity contribution in [3.8, 4) is 5.75 Å². The molecule has 0 spiro atoms. The second kappa shape index (κ2) is 9.84. The van der Waals surface area contributed by atoms with Gasteiger partial charge in [0.2, 0.25) is 0 Å². The molecule has 3 aromatic carbocycles. The van der Waals surface area contributed by atoms with Crippen LogP contribution >= 0.6 is 11.6 Å². The van der Waals surface area contributed by atoms with Crippen molar-refractivity contribution in [3.63, 3.8) is 0 Å². The Morgan fingerprint density at radius 3 is 2.36 bits per heavy atom. The number of carbonyl (C=O) groups excluding carboxylic acids is 1. The highest BCUT2D eigenvalue weighted by Crippen LogP contribution is 2.27. The number of amides is 1. The lowest BCUT2D eigenvalue weighted by atomic mass is 10.3. The van der Waals surface area contributed by atoms with Crippen LogP contribution in [0.4, 0.5) is 21.5 Å². The molecule has 3 aromatic rings. The van der Waals surface area contributed by atoms with E-state index in [4.69, 9.17) is 16.3 Å². The van der Waals surface area contributed by atoms with Gasteiger partial charge in [0.1, 0.15) is 16.6 Å². The average Bonchev–Trinajstić information content (AvgIpc) is 2.79. The number of nitro groups is 1. The predicted octanol–water partition coefficient (Wildman–Crippen LogP) is 4.23. The zero-order chi connectivity index (χ0) is 24.2. The standard InChI is InChI=1S/C21H17ClFN3O6S/c1-25(33(30,31)18-9-2-14(23)3-10-18)16-5-7-17(8-6-16)32-13-21(27)24-15-4-11-19(22)20(12-15)26(28)29/h2-12H,13H2,1H3,(H,24,27). The molecule has 0 aliphatic rings. The number of halogens is 2. The molecular formula is C21H17ClFN3O6S. The molecule has 33 heavy (non-hydrogen) atoms. The Hall–Kier alpha value is -3.70. The van der Waals surface area contributed by atoms with Gasteiger partial charge in [0.25, 0.3) is 21.6 Å². The summed E-state index contributed by atoms with van der Waals surface area (Å²) >= 11 is 5.74. The van der Waals surface area contributed by atoms with Crippen molar-refractivity contribution >= 4 is 44.6 Å². The Balaban J connectivity index is 1.61. The maximum Gasteiger partial charge on any atom is 0.289 e. The zero-order valence-electron chi connectivity index (χ0n) is 17.1. The molecule has 0 radical (unpaired) electrons. The van der Waals surface area contributed by atoms with Crippen LogP contribution in [-0.2, 0) is 14.8 Å². The number of sulfonamides is 1. The van der Waals surface area contributed by atoms with Crippen LogP contribution < -0.4 is 14.4 Å². The van der Waals surface area contributed by atoms with Gasteiger partial charge in [-0.3, -0.25) is 19.2 Å². The third kappa shape index (κ3) is 5.76. The minimum absolute atomic E-state index is 0.0549. The van der Waals surface area contributed by atoms with Gasteiger partial charge < -0.3 is 10.1 Å². The van der Waals surface area contributed by atoms with Crippen molar-refractivity contribution in [1.82, 2.24) is 0 Å². The first-order chi connectivity index (χ1) is 15.6. The van der Waals surface area contributed by atoms with Crippen LogP contribution in [0.1, 0.15) is 0 Å². The molecular weight excluding hydrogens is 477 g/mol. The van der Waals surface area contributed by atoms with Gasteiger partial charge in [-0.05, 0) is 60.7 Å². The van der Waals surface area contributed by atoms with Crippen LogP contribution in [-0.4, -0.2) is 32.9 Å². The van der Waals surface area contributed by atoms with E-state index in [1.165, 1.54) is 55.6 Å². The first-order valence-electron chi connectivity index (χ1n) is 9.29. The highest BCUT2D eigenvalue weighted by Gasteiger charge is 2.21. The molecule has 0 saturated heterocycles. The van der Waals surface area contributed by atoms with E-state index in [2.05, 4.69) is 5.32 Å². The zero-order valence-corrected chi connectivity index (χ0v) is 18.6. The summed E-state index contributed by atoms with van der Waals surface area (Å²) in [4.78, 5) is 22.3. The number of anilines is 2. The molecule has 0 heterocycles. The summed E-state index contributed by atoms with van der Waals surface area (Å²) in [5, 5.41) is 13.3. The monoisotopic (exact) mass is 493 g/mol. The number of ether oxygens (including phenoxy) is 1.